The van der Waals surface area contributed by atoms with Crippen LogP contribution in [0.15, 0.2) is 24.3 Å². The molecule has 0 heterocycles. The van der Waals surface area contributed by atoms with Crippen LogP contribution in [0.2, 0.25) is 0 Å². The number of rotatable bonds is 8. The molecule has 0 aliphatic heterocycles. The largest absolute Gasteiger partial charge is 0.478 e. The summed E-state index contributed by atoms with van der Waals surface area (Å²) in [7, 11) is 0. The van der Waals surface area contributed by atoms with Gasteiger partial charge in [-0.15, -0.1) is 0 Å². The van der Waals surface area contributed by atoms with Crippen LogP contribution in [0.4, 0.5) is 0 Å². The highest BCUT2D eigenvalue weighted by Crippen LogP contribution is 2.36. The van der Waals surface area contributed by atoms with Crippen LogP contribution in [0.5, 0.6) is 0 Å². The number of carbonyl (C=O) groups is 2. The monoisotopic (exact) mass is 296 g/mol. The fourth-order valence-electron chi connectivity index (χ4n) is 2.75. The summed E-state index contributed by atoms with van der Waals surface area (Å²) < 4.78 is 0. The van der Waals surface area contributed by atoms with E-state index >= 15 is 0 Å². The van der Waals surface area contributed by atoms with Crippen molar-refractivity contribution in [2.24, 2.45) is 11.8 Å². The van der Waals surface area contributed by atoms with Crippen LogP contribution in [0.3, 0.4) is 0 Å². The van der Waals surface area contributed by atoms with Crippen molar-refractivity contribution in [2.75, 3.05) is 0 Å². The Morgan fingerprint density at radius 1 is 1.33 bits per heavy atom. The summed E-state index contributed by atoms with van der Waals surface area (Å²) in [5, 5.41) is 28.3. The zero-order valence-electron chi connectivity index (χ0n) is 12.3. The average molecular weight is 296 g/mol. The second-order valence-electron chi connectivity index (χ2n) is 5.66. The van der Waals surface area contributed by atoms with Gasteiger partial charge in [-0.05, 0) is 50.5 Å². The molecule has 0 saturated heterocycles. The van der Waals surface area contributed by atoms with Crippen molar-refractivity contribution in [3.8, 4) is 0 Å². The molecule has 118 valence electrons. The first-order valence-electron chi connectivity index (χ1n) is 7.33. The van der Waals surface area contributed by atoms with E-state index in [2.05, 4.69) is 0 Å². The lowest BCUT2D eigenvalue weighted by atomic mass is 9.90. The van der Waals surface area contributed by atoms with Crippen LogP contribution in [0.1, 0.15) is 39.0 Å². The number of ketones is 1. The van der Waals surface area contributed by atoms with Gasteiger partial charge >= 0.3 is 5.97 Å². The number of allylic oxidation sites excluding steroid dienone is 2. The molecule has 0 aromatic carbocycles. The molecule has 1 rings (SSSR count). The minimum atomic E-state index is -1.09. The number of hydrogen-bond acceptors (Lipinski definition) is 4. The molecule has 1 aliphatic carbocycles. The van der Waals surface area contributed by atoms with Gasteiger partial charge in [0.05, 0.1) is 12.2 Å². The third-order valence-corrected chi connectivity index (χ3v) is 3.80. The number of Topliss-reactive ketones (excluding diaryl/α,β-unsaturated/α-hetero) is 1. The average Bonchev–Trinajstić information content (AvgIpc) is 2.76. The van der Waals surface area contributed by atoms with E-state index < -0.39 is 18.2 Å². The van der Waals surface area contributed by atoms with E-state index in [9.17, 15) is 19.8 Å². The highest BCUT2D eigenvalue weighted by atomic mass is 16.4. The second-order valence-corrected chi connectivity index (χ2v) is 5.66. The number of aliphatic hydroxyl groups is 2. The molecule has 0 aromatic rings. The standard InChI is InChI=1S/C16H24O5/c1-11(17)5-3-2-4-6-12-9-13(18)10-14(12)15(19)7-8-16(20)21/h4,6-8,12-15,18-19H,2-3,5,9-10H2,1H3,(H,20,21)/b6-4+,8-7+/t12-,13-,14+,15-/m1/s1. The lowest BCUT2D eigenvalue weighted by Gasteiger charge is -2.19. The molecule has 0 spiro atoms. The van der Waals surface area contributed by atoms with Gasteiger partial charge in [0.15, 0.2) is 0 Å². The van der Waals surface area contributed by atoms with E-state index in [1.807, 2.05) is 12.2 Å². The molecule has 1 aliphatic rings. The first-order chi connectivity index (χ1) is 9.90. The third kappa shape index (κ3) is 6.69. The van der Waals surface area contributed by atoms with Crippen LogP contribution < -0.4 is 0 Å². The molecule has 21 heavy (non-hydrogen) atoms. The maximum Gasteiger partial charge on any atom is 0.328 e. The topological polar surface area (TPSA) is 94.8 Å². The molecule has 0 bridgehead atoms. The van der Waals surface area contributed by atoms with E-state index in [4.69, 9.17) is 5.11 Å². The number of carboxylic acids is 1. The molecule has 0 radical (unpaired) electrons. The summed E-state index contributed by atoms with van der Waals surface area (Å²) in [6.07, 6.45) is 8.01. The van der Waals surface area contributed by atoms with E-state index in [-0.39, 0.29) is 17.6 Å². The maximum absolute atomic E-state index is 10.8. The maximum atomic E-state index is 10.8. The first-order valence-corrected chi connectivity index (χ1v) is 7.33. The Bertz CT molecular complexity index is 413. The van der Waals surface area contributed by atoms with Gasteiger partial charge in [-0.25, -0.2) is 4.79 Å². The van der Waals surface area contributed by atoms with Gasteiger partial charge in [0.1, 0.15) is 5.78 Å². The zero-order valence-corrected chi connectivity index (χ0v) is 12.3. The van der Waals surface area contributed by atoms with Gasteiger partial charge in [0.25, 0.3) is 0 Å². The minimum absolute atomic E-state index is 0.0331. The summed E-state index contributed by atoms with van der Waals surface area (Å²) in [5.41, 5.74) is 0. The second kappa shape index (κ2) is 8.74. The summed E-state index contributed by atoms with van der Waals surface area (Å²) in [5.74, 6) is -1.05. The van der Waals surface area contributed by atoms with Crippen molar-refractivity contribution in [2.45, 2.75) is 51.2 Å². The third-order valence-electron chi connectivity index (χ3n) is 3.80. The van der Waals surface area contributed by atoms with Crippen LogP contribution in [-0.4, -0.2) is 39.3 Å². The van der Waals surface area contributed by atoms with Crippen molar-refractivity contribution in [1.82, 2.24) is 0 Å². The van der Waals surface area contributed by atoms with E-state index in [1.165, 1.54) is 6.08 Å². The van der Waals surface area contributed by atoms with Gasteiger partial charge in [0, 0.05) is 12.5 Å². The Labute approximate surface area is 125 Å². The Balaban J connectivity index is 2.52. The highest BCUT2D eigenvalue weighted by Gasteiger charge is 2.35. The molecule has 0 unspecified atom stereocenters. The summed E-state index contributed by atoms with van der Waals surface area (Å²) in [6.45, 7) is 1.57. The zero-order chi connectivity index (χ0) is 15.8. The number of hydrogen-bond donors (Lipinski definition) is 3. The summed E-state index contributed by atoms with van der Waals surface area (Å²) >= 11 is 0. The predicted octanol–water partition coefficient (Wildman–Crippen LogP) is 1.69. The number of unbranched alkanes of at least 4 members (excludes halogenated alkanes) is 1. The first kappa shape index (κ1) is 17.6. The van der Waals surface area contributed by atoms with Gasteiger partial charge < -0.3 is 20.1 Å². The van der Waals surface area contributed by atoms with Crippen LogP contribution in [0, 0.1) is 11.8 Å². The van der Waals surface area contributed by atoms with Crippen molar-refractivity contribution in [3.05, 3.63) is 24.3 Å². The fraction of sp³-hybridized carbons (Fsp3) is 0.625. The van der Waals surface area contributed by atoms with Crippen LogP contribution in [0.25, 0.3) is 0 Å². The Hall–Kier alpha value is -1.46. The molecule has 5 nitrogen and oxygen atoms in total. The summed E-state index contributed by atoms with van der Waals surface area (Å²) in [6, 6.07) is 0. The molecule has 5 heteroatoms. The molecular weight excluding hydrogens is 272 g/mol. The van der Waals surface area contributed by atoms with Crippen molar-refractivity contribution >= 4 is 11.8 Å². The van der Waals surface area contributed by atoms with Gasteiger partial charge in [-0.3, -0.25) is 0 Å². The molecule has 4 atom stereocenters. The van der Waals surface area contributed by atoms with Crippen LogP contribution in [-0.2, 0) is 9.59 Å². The lowest BCUT2D eigenvalue weighted by Crippen LogP contribution is -2.21. The number of carbonyl (C=O) groups excluding carboxylic acids is 1. The quantitative estimate of drug-likeness (QED) is 0.360. The summed E-state index contributed by atoms with van der Waals surface area (Å²) in [4.78, 5) is 21.3. The van der Waals surface area contributed by atoms with Crippen molar-refractivity contribution < 1.29 is 24.9 Å². The molecule has 0 aromatic heterocycles. The van der Waals surface area contributed by atoms with Crippen LogP contribution >= 0.6 is 0 Å². The molecule has 3 N–H and O–H groups in total. The molecular formula is C16H24O5. The predicted molar refractivity (Wildman–Crippen MR) is 78.7 cm³/mol. The Kier molecular flexibility index (Phi) is 7.32. The smallest absolute Gasteiger partial charge is 0.328 e. The highest BCUT2D eigenvalue weighted by molar-refractivity contribution is 5.79. The normalized spacial score (nSPS) is 27.5. The van der Waals surface area contributed by atoms with Gasteiger partial charge in [-0.2, -0.15) is 0 Å². The van der Waals surface area contributed by atoms with Gasteiger partial charge in [0.2, 0.25) is 0 Å². The lowest BCUT2D eigenvalue weighted by molar-refractivity contribution is -0.131. The van der Waals surface area contributed by atoms with E-state index in [0.717, 1.165) is 18.9 Å². The molecule has 1 fully saturated rings. The molecule has 1 saturated carbocycles. The van der Waals surface area contributed by atoms with E-state index in [0.29, 0.717) is 19.3 Å². The van der Waals surface area contributed by atoms with E-state index in [1.54, 1.807) is 6.92 Å². The van der Waals surface area contributed by atoms with Crippen molar-refractivity contribution in [1.29, 1.82) is 0 Å². The fourth-order valence-corrected chi connectivity index (χ4v) is 2.75. The van der Waals surface area contributed by atoms with Gasteiger partial charge in [-0.1, -0.05) is 12.2 Å². The number of carboxylic acid groups (broad SMARTS) is 1. The molecule has 0 amide bonds. The minimum Gasteiger partial charge on any atom is -0.478 e. The Morgan fingerprint density at radius 2 is 2.05 bits per heavy atom. The number of aliphatic carboxylic acids is 1. The SMILES string of the molecule is CC(=O)CCC/C=C/[C@@H]1C[C@@H](O)C[C@@H]1[C@H](O)/C=C/C(=O)O. The number of aliphatic hydroxyl groups excluding tert-OH is 2. The Morgan fingerprint density at radius 3 is 2.67 bits per heavy atom. The van der Waals surface area contributed by atoms with Crippen molar-refractivity contribution in [3.63, 3.8) is 0 Å².